The van der Waals surface area contributed by atoms with Crippen LogP contribution in [-0.2, 0) is 6.42 Å². The number of aryl methyl sites for hydroxylation is 1. The minimum absolute atomic E-state index is 1.03. The van der Waals surface area contributed by atoms with Crippen molar-refractivity contribution in [3.8, 4) is 0 Å². The molecule has 0 N–H and O–H groups in total. The minimum Gasteiger partial charge on any atom is -0.0999 e. The van der Waals surface area contributed by atoms with E-state index in [0.29, 0.717) is 0 Å². The molecule has 0 radical (unpaired) electrons. The van der Waals surface area contributed by atoms with Gasteiger partial charge >= 0.3 is 0 Å². The number of allylic oxidation sites excluding steroid dienone is 10. The third-order valence-corrected chi connectivity index (χ3v) is 5.46. The third-order valence-electron chi connectivity index (χ3n) is 5.46. The Kier molecular flexibility index (Phi) is 11.0. The number of hydrogen-bond acceptors (Lipinski definition) is 0. The van der Waals surface area contributed by atoms with Crippen molar-refractivity contribution in [2.75, 3.05) is 0 Å². The summed E-state index contributed by atoms with van der Waals surface area (Å²) in [6, 6.07) is 19.3. The molecule has 0 saturated heterocycles. The first kappa shape index (κ1) is 25.1. The van der Waals surface area contributed by atoms with Crippen LogP contribution in [0.1, 0.15) is 63.1 Å². The third kappa shape index (κ3) is 9.35. The lowest BCUT2D eigenvalue weighted by Crippen LogP contribution is -1.88. The van der Waals surface area contributed by atoms with Crippen molar-refractivity contribution in [2.45, 2.75) is 52.9 Å². The molecule has 0 atom stereocenters. The maximum atomic E-state index is 4.07. The SMILES string of the molecule is C=C(C)/C=C(\C)c1ccccc1.C=C(CC)CCCc1ccc(C2=CC=CCC=C2)cc1. The molecule has 2 aromatic rings. The van der Waals surface area contributed by atoms with Crippen LogP contribution in [0, 0.1) is 0 Å². The summed E-state index contributed by atoms with van der Waals surface area (Å²) in [5.41, 5.74) is 9.01. The average molecular weight is 423 g/mol. The number of benzene rings is 2. The maximum Gasteiger partial charge on any atom is -0.0163 e. The van der Waals surface area contributed by atoms with Crippen molar-refractivity contribution in [1.29, 1.82) is 0 Å². The van der Waals surface area contributed by atoms with Crippen molar-refractivity contribution in [1.82, 2.24) is 0 Å². The summed E-state index contributed by atoms with van der Waals surface area (Å²) in [6.45, 7) is 14.2. The van der Waals surface area contributed by atoms with Crippen molar-refractivity contribution in [2.24, 2.45) is 0 Å². The zero-order valence-corrected chi connectivity index (χ0v) is 20.1. The molecule has 0 unspecified atom stereocenters. The molecule has 0 bridgehead atoms. The quantitative estimate of drug-likeness (QED) is 0.293. The van der Waals surface area contributed by atoms with Gasteiger partial charge in [0.05, 0.1) is 0 Å². The zero-order valence-electron chi connectivity index (χ0n) is 20.1. The van der Waals surface area contributed by atoms with E-state index in [1.165, 1.54) is 39.8 Å². The Morgan fingerprint density at radius 1 is 0.938 bits per heavy atom. The predicted octanol–water partition coefficient (Wildman–Crippen LogP) is 9.54. The largest absolute Gasteiger partial charge is 0.0999 e. The molecule has 0 fully saturated rings. The van der Waals surface area contributed by atoms with Gasteiger partial charge in [0.15, 0.2) is 0 Å². The predicted molar refractivity (Wildman–Crippen MR) is 145 cm³/mol. The molecule has 0 spiro atoms. The Balaban J connectivity index is 0.000000258. The molecular weight excluding hydrogens is 384 g/mol. The lowest BCUT2D eigenvalue weighted by atomic mass is 10.00. The Morgan fingerprint density at radius 2 is 1.66 bits per heavy atom. The van der Waals surface area contributed by atoms with E-state index in [2.05, 4.69) is 99.9 Å². The molecule has 0 amide bonds. The van der Waals surface area contributed by atoms with Crippen LogP contribution in [0.5, 0.6) is 0 Å². The van der Waals surface area contributed by atoms with Gasteiger partial charge in [-0.2, -0.15) is 0 Å². The Bertz CT molecular complexity index is 976. The molecule has 1 aliphatic rings. The van der Waals surface area contributed by atoms with Crippen LogP contribution in [0.3, 0.4) is 0 Å². The Morgan fingerprint density at radius 3 is 2.31 bits per heavy atom. The Hall–Kier alpha value is -3.12. The summed E-state index contributed by atoms with van der Waals surface area (Å²) >= 11 is 0. The molecule has 0 heterocycles. The average Bonchev–Trinajstić information content (AvgIpc) is 3.10. The van der Waals surface area contributed by atoms with E-state index in [-0.39, 0.29) is 0 Å². The number of hydrogen-bond donors (Lipinski definition) is 0. The topological polar surface area (TPSA) is 0 Å². The highest BCUT2D eigenvalue weighted by atomic mass is 14.1. The first-order valence-corrected chi connectivity index (χ1v) is 11.7. The summed E-state index contributed by atoms with van der Waals surface area (Å²) in [7, 11) is 0. The van der Waals surface area contributed by atoms with Gasteiger partial charge in [-0.25, -0.2) is 0 Å². The van der Waals surface area contributed by atoms with E-state index in [0.717, 1.165) is 31.3 Å². The van der Waals surface area contributed by atoms with Gasteiger partial charge in [0.1, 0.15) is 0 Å². The van der Waals surface area contributed by atoms with Crippen LogP contribution in [0.4, 0.5) is 0 Å². The summed E-state index contributed by atoms with van der Waals surface area (Å²) in [4.78, 5) is 0. The van der Waals surface area contributed by atoms with Gasteiger partial charge in [0, 0.05) is 0 Å². The van der Waals surface area contributed by atoms with E-state index in [4.69, 9.17) is 0 Å². The van der Waals surface area contributed by atoms with E-state index in [1.807, 2.05) is 25.1 Å². The van der Waals surface area contributed by atoms with E-state index in [9.17, 15) is 0 Å². The van der Waals surface area contributed by atoms with E-state index >= 15 is 0 Å². The summed E-state index contributed by atoms with van der Waals surface area (Å²) in [6.07, 6.45) is 18.6. The van der Waals surface area contributed by atoms with Gasteiger partial charge in [-0.05, 0) is 73.8 Å². The van der Waals surface area contributed by atoms with Crippen LogP contribution in [-0.4, -0.2) is 0 Å². The second-order valence-electron chi connectivity index (χ2n) is 8.38. The van der Waals surface area contributed by atoms with Crippen LogP contribution in [0.25, 0.3) is 11.1 Å². The second kappa shape index (κ2) is 14.0. The normalized spacial score (nSPS) is 13.0. The fourth-order valence-electron chi connectivity index (χ4n) is 3.51. The van der Waals surface area contributed by atoms with E-state index < -0.39 is 0 Å². The molecular formula is C32H38. The van der Waals surface area contributed by atoms with Crippen LogP contribution < -0.4 is 0 Å². The Labute approximate surface area is 196 Å². The second-order valence-corrected chi connectivity index (χ2v) is 8.38. The first-order chi connectivity index (χ1) is 15.5. The van der Waals surface area contributed by atoms with Gasteiger partial charge in [-0.1, -0.05) is 122 Å². The van der Waals surface area contributed by atoms with Crippen molar-refractivity contribution >= 4 is 11.1 Å². The summed E-state index contributed by atoms with van der Waals surface area (Å²) < 4.78 is 0. The first-order valence-electron chi connectivity index (χ1n) is 11.7. The van der Waals surface area contributed by atoms with Crippen molar-refractivity contribution in [3.05, 3.63) is 132 Å². The van der Waals surface area contributed by atoms with Crippen LogP contribution >= 0.6 is 0 Å². The summed E-state index contributed by atoms with van der Waals surface area (Å²) in [5.74, 6) is 0. The molecule has 0 saturated carbocycles. The molecule has 0 aromatic heterocycles. The number of rotatable bonds is 8. The van der Waals surface area contributed by atoms with Gasteiger partial charge in [0.2, 0.25) is 0 Å². The van der Waals surface area contributed by atoms with Crippen molar-refractivity contribution < 1.29 is 0 Å². The van der Waals surface area contributed by atoms with E-state index in [1.54, 1.807) is 0 Å². The highest BCUT2D eigenvalue weighted by Crippen LogP contribution is 2.20. The fraction of sp³-hybridized carbons (Fsp3) is 0.250. The summed E-state index contributed by atoms with van der Waals surface area (Å²) in [5, 5.41) is 0. The molecule has 1 aliphatic carbocycles. The molecule has 2 aromatic carbocycles. The van der Waals surface area contributed by atoms with Gasteiger partial charge in [-0.3, -0.25) is 0 Å². The fourth-order valence-corrected chi connectivity index (χ4v) is 3.51. The molecule has 0 heteroatoms. The maximum absolute atomic E-state index is 4.07. The molecule has 0 aliphatic heterocycles. The lowest BCUT2D eigenvalue weighted by molar-refractivity contribution is 0.790. The van der Waals surface area contributed by atoms with Crippen LogP contribution in [0.15, 0.2) is 115 Å². The van der Waals surface area contributed by atoms with Gasteiger partial charge in [0.25, 0.3) is 0 Å². The highest BCUT2D eigenvalue weighted by Gasteiger charge is 2.00. The monoisotopic (exact) mass is 422 g/mol. The van der Waals surface area contributed by atoms with Crippen LogP contribution in [0.2, 0.25) is 0 Å². The van der Waals surface area contributed by atoms with Gasteiger partial charge in [-0.15, -0.1) is 0 Å². The smallest absolute Gasteiger partial charge is 0.0163 e. The van der Waals surface area contributed by atoms with Crippen molar-refractivity contribution in [3.63, 3.8) is 0 Å². The lowest BCUT2D eigenvalue weighted by Gasteiger charge is -2.06. The molecule has 3 rings (SSSR count). The zero-order chi connectivity index (χ0) is 23.2. The highest BCUT2D eigenvalue weighted by molar-refractivity contribution is 5.75. The standard InChI is InChI=1S/C20H24.C12H14/c1-3-17(2)9-8-10-18-13-15-20(16-14-18)19-11-6-4-5-7-12-19;1-10(2)9-11(3)12-7-5-4-6-8-12/h4,6-7,11-16H,2-3,5,8-10H2,1H3;4-9H,1H2,2-3H3/b;11-9+. The molecule has 0 nitrogen and oxygen atoms in total. The van der Waals surface area contributed by atoms with Gasteiger partial charge < -0.3 is 0 Å². The molecule has 166 valence electrons. The molecule has 32 heavy (non-hydrogen) atoms. The minimum atomic E-state index is 1.03.